The van der Waals surface area contributed by atoms with Gasteiger partial charge in [0.05, 0.1) is 6.04 Å². The maximum atomic E-state index is 5.59. The summed E-state index contributed by atoms with van der Waals surface area (Å²) in [5, 5.41) is 14.5. The number of aromatic nitrogens is 2. The monoisotopic (exact) mass is 372 g/mol. The van der Waals surface area contributed by atoms with E-state index >= 15 is 0 Å². The molecule has 1 heterocycles. The van der Waals surface area contributed by atoms with Crippen molar-refractivity contribution in [3.63, 3.8) is 0 Å². The van der Waals surface area contributed by atoms with Crippen LogP contribution >= 0.6 is 22.6 Å². The second-order valence-corrected chi connectivity index (χ2v) is 5.50. The topological polar surface area (TPSA) is 63.0 Å². The van der Waals surface area contributed by atoms with Gasteiger partial charge in [-0.2, -0.15) is 0 Å². The van der Waals surface area contributed by atoms with Crippen molar-refractivity contribution in [3.05, 3.63) is 33.7 Å². The highest BCUT2D eigenvalue weighted by Crippen LogP contribution is 2.19. The van der Waals surface area contributed by atoms with Gasteiger partial charge in [0.25, 0.3) is 0 Å². The molecule has 0 aliphatic rings. The summed E-state index contributed by atoms with van der Waals surface area (Å²) in [7, 11) is 0. The molecule has 2 N–H and O–H groups in total. The number of hydrogen-bond acceptors (Lipinski definition) is 5. The Morgan fingerprint density at radius 1 is 1.37 bits per heavy atom. The van der Waals surface area contributed by atoms with Crippen LogP contribution in [0.1, 0.15) is 32.2 Å². The molecule has 2 aromatic rings. The van der Waals surface area contributed by atoms with Crippen LogP contribution in [0.4, 0.5) is 11.7 Å². The third-order valence-corrected chi connectivity index (χ3v) is 3.26. The number of nitrogens with one attached hydrogen (secondary N) is 2. The Morgan fingerprint density at radius 2 is 2.21 bits per heavy atom. The van der Waals surface area contributed by atoms with Gasteiger partial charge in [0.15, 0.2) is 0 Å². The summed E-state index contributed by atoms with van der Waals surface area (Å²) in [6.45, 7) is 5.07. The van der Waals surface area contributed by atoms with E-state index in [0.717, 1.165) is 22.2 Å². The van der Waals surface area contributed by atoms with Crippen LogP contribution in [0.3, 0.4) is 0 Å². The Morgan fingerprint density at radius 3 is 2.95 bits per heavy atom. The number of nitrogens with zero attached hydrogens (tertiary/aromatic N) is 2. The minimum absolute atomic E-state index is 0.0684. The zero-order chi connectivity index (χ0) is 13.7. The largest absolute Gasteiger partial charge is 0.406 e. The van der Waals surface area contributed by atoms with Crippen molar-refractivity contribution in [2.45, 2.75) is 26.3 Å². The van der Waals surface area contributed by atoms with E-state index in [2.05, 4.69) is 50.3 Å². The molecular formula is C13H17IN4O. The molecule has 0 fully saturated rings. The maximum absolute atomic E-state index is 5.59. The van der Waals surface area contributed by atoms with Gasteiger partial charge in [-0.3, -0.25) is 0 Å². The zero-order valence-electron chi connectivity index (χ0n) is 11.0. The molecule has 19 heavy (non-hydrogen) atoms. The first-order valence-corrected chi connectivity index (χ1v) is 7.36. The summed E-state index contributed by atoms with van der Waals surface area (Å²) in [6.07, 6.45) is 1.08. The molecule has 0 amide bonds. The Labute approximate surface area is 126 Å². The molecule has 1 atom stereocenters. The first-order chi connectivity index (χ1) is 9.19. The van der Waals surface area contributed by atoms with Gasteiger partial charge in [-0.1, -0.05) is 18.1 Å². The number of hydrogen-bond donors (Lipinski definition) is 2. The molecule has 5 nitrogen and oxygen atoms in total. The van der Waals surface area contributed by atoms with Gasteiger partial charge in [0, 0.05) is 9.26 Å². The molecular weight excluding hydrogens is 355 g/mol. The lowest BCUT2D eigenvalue weighted by atomic mass is 10.3. The Hall–Kier alpha value is -1.15. The van der Waals surface area contributed by atoms with Crippen LogP contribution in [-0.2, 0) is 0 Å². The van der Waals surface area contributed by atoms with Gasteiger partial charge in [-0.05, 0) is 60.7 Å². The Kier molecular flexibility index (Phi) is 5.15. The number of benzene rings is 1. The lowest BCUT2D eigenvalue weighted by Gasteiger charge is -2.07. The van der Waals surface area contributed by atoms with Crippen molar-refractivity contribution in [1.29, 1.82) is 0 Å². The molecule has 0 saturated carbocycles. The van der Waals surface area contributed by atoms with Crippen LogP contribution < -0.4 is 10.6 Å². The minimum atomic E-state index is 0.0684. The number of anilines is 2. The SMILES string of the molecule is CCCNC(C)c1nnc(Nc2cccc(I)c2)o1. The normalized spacial score (nSPS) is 12.4. The van der Waals surface area contributed by atoms with E-state index in [1.807, 2.05) is 31.2 Å². The smallest absolute Gasteiger partial charge is 0.320 e. The lowest BCUT2D eigenvalue weighted by molar-refractivity contribution is 0.424. The van der Waals surface area contributed by atoms with E-state index in [1.165, 1.54) is 0 Å². The summed E-state index contributed by atoms with van der Waals surface area (Å²) in [4.78, 5) is 0. The molecule has 0 bridgehead atoms. The van der Waals surface area contributed by atoms with Gasteiger partial charge in [0.1, 0.15) is 0 Å². The van der Waals surface area contributed by atoms with Gasteiger partial charge in [-0.15, -0.1) is 5.10 Å². The fourth-order valence-corrected chi connectivity index (χ4v) is 2.14. The molecule has 2 rings (SSSR count). The van der Waals surface area contributed by atoms with Crippen LogP contribution in [0, 0.1) is 3.57 Å². The average molecular weight is 372 g/mol. The van der Waals surface area contributed by atoms with Gasteiger partial charge >= 0.3 is 6.01 Å². The Balaban J connectivity index is 2.01. The van der Waals surface area contributed by atoms with Crippen molar-refractivity contribution in [2.75, 3.05) is 11.9 Å². The molecule has 1 aromatic heterocycles. The predicted molar refractivity (Wildman–Crippen MR) is 83.4 cm³/mol. The summed E-state index contributed by atoms with van der Waals surface area (Å²) in [5.74, 6) is 0.599. The molecule has 102 valence electrons. The van der Waals surface area contributed by atoms with E-state index in [9.17, 15) is 0 Å². The predicted octanol–water partition coefficient (Wildman–Crippen LogP) is 3.48. The quantitative estimate of drug-likeness (QED) is 0.761. The van der Waals surface area contributed by atoms with Crippen molar-refractivity contribution in [3.8, 4) is 0 Å². The first-order valence-electron chi connectivity index (χ1n) is 6.28. The van der Waals surface area contributed by atoms with Crippen LogP contribution in [0.5, 0.6) is 0 Å². The van der Waals surface area contributed by atoms with E-state index in [1.54, 1.807) is 0 Å². The highest BCUT2D eigenvalue weighted by molar-refractivity contribution is 14.1. The Bertz CT molecular complexity index is 529. The molecule has 0 aliphatic carbocycles. The van der Waals surface area contributed by atoms with Crippen LogP contribution in [0.2, 0.25) is 0 Å². The van der Waals surface area contributed by atoms with Crippen LogP contribution in [-0.4, -0.2) is 16.7 Å². The molecule has 6 heteroatoms. The summed E-state index contributed by atoms with van der Waals surface area (Å²) in [6, 6.07) is 8.48. The van der Waals surface area contributed by atoms with Crippen molar-refractivity contribution in [1.82, 2.24) is 15.5 Å². The molecule has 1 aromatic carbocycles. The summed E-state index contributed by atoms with van der Waals surface area (Å²) >= 11 is 2.26. The fraction of sp³-hybridized carbons (Fsp3) is 0.385. The molecule has 0 aliphatic heterocycles. The third kappa shape index (κ3) is 4.17. The molecule has 1 unspecified atom stereocenters. The third-order valence-electron chi connectivity index (χ3n) is 2.59. The van der Waals surface area contributed by atoms with Crippen molar-refractivity contribution in [2.24, 2.45) is 0 Å². The van der Waals surface area contributed by atoms with Gasteiger partial charge < -0.3 is 15.1 Å². The highest BCUT2D eigenvalue weighted by Gasteiger charge is 2.13. The summed E-state index contributed by atoms with van der Waals surface area (Å²) in [5.41, 5.74) is 0.941. The van der Waals surface area contributed by atoms with E-state index < -0.39 is 0 Å². The molecule has 0 spiro atoms. The van der Waals surface area contributed by atoms with Crippen LogP contribution in [0.15, 0.2) is 28.7 Å². The second-order valence-electron chi connectivity index (χ2n) is 4.26. The second kappa shape index (κ2) is 6.85. The number of rotatable bonds is 6. The summed E-state index contributed by atoms with van der Waals surface area (Å²) < 4.78 is 6.74. The highest BCUT2D eigenvalue weighted by atomic mass is 127. The lowest BCUT2D eigenvalue weighted by Crippen LogP contribution is -2.19. The van der Waals surface area contributed by atoms with E-state index in [0.29, 0.717) is 11.9 Å². The maximum Gasteiger partial charge on any atom is 0.320 e. The van der Waals surface area contributed by atoms with Crippen molar-refractivity contribution < 1.29 is 4.42 Å². The average Bonchev–Trinajstić information content (AvgIpc) is 2.84. The zero-order valence-corrected chi connectivity index (χ0v) is 13.1. The number of halogens is 1. The van der Waals surface area contributed by atoms with E-state index in [-0.39, 0.29) is 6.04 Å². The van der Waals surface area contributed by atoms with Crippen LogP contribution in [0.25, 0.3) is 0 Å². The molecule has 0 saturated heterocycles. The minimum Gasteiger partial charge on any atom is -0.406 e. The fourth-order valence-electron chi connectivity index (χ4n) is 1.60. The molecule has 0 radical (unpaired) electrons. The van der Waals surface area contributed by atoms with E-state index in [4.69, 9.17) is 4.42 Å². The first kappa shape index (κ1) is 14.3. The standard InChI is InChI=1S/C13H17IN4O/c1-3-7-15-9(2)12-17-18-13(19-12)16-11-6-4-5-10(14)8-11/h4-6,8-9,15H,3,7H2,1-2H3,(H,16,18). The van der Waals surface area contributed by atoms with Gasteiger partial charge in [-0.25, -0.2) is 0 Å². The van der Waals surface area contributed by atoms with Crippen molar-refractivity contribution >= 4 is 34.3 Å². The van der Waals surface area contributed by atoms with Gasteiger partial charge in [0.2, 0.25) is 5.89 Å².